The average Bonchev–Trinajstić information content (AvgIpc) is 4.04. The highest BCUT2D eigenvalue weighted by Gasteiger charge is 2.42. The summed E-state index contributed by atoms with van der Waals surface area (Å²) in [6.07, 6.45) is 2.37. The van der Waals surface area contributed by atoms with Gasteiger partial charge in [0.05, 0.1) is 56.9 Å². The van der Waals surface area contributed by atoms with Gasteiger partial charge in [-0.15, -0.1) is 0 Å². The summed E-state index contributed by atoms with van der Waals surface area (Å²) in [5.74, 6) is -0.329. The molecule has 0 aliphatic carbocycles. The van der Waals surface area contributed by atoms with E-state index in [2.05, 4.69) is 30.6 Å². The second-order valence-corrected chi connectivity index (χ2v) is 14.3. The molecule has 4 amide bonds. The third kappa shape index (κ3) is 8.51. The molecule has 4 heterocycles. The lowest BCUT2D eigenvalue weighted by Gasteiger charge is -2.29. The number of hydrogen-bond donors (Lipinski definition) is 5. The normalized spacial score (nSPS) is 15.1. The molecule has 0 spiro atoms. The van der Waals surface area contributed by atoms with Crippen LogP contribution >= 0.6 is 0 Å². The maximum absolute atomic E-state index is 13.7. The van der Waals surface area contributed by atoms with E-state index in [1.54, 1.807) is 44.6 Å². The van der Waals surface area contributed by atoms with Crippen LogP contribution in [0.25, 0.3) is 45.2 Å². The minimum atomic E-state index is -1.17. The number of aromatic nitrogens is 5. The molecular formula is C40H45N9O8. The van der Waals surface area contributed by atoms with Crippen LogP contribution in [0.3, 0.4) is 0 Å². The lowest BCUT2D eigenvalue weighted by molar-refractivity contribution is -0.135. The van der Waals surface area contributed by atoms with Crippen molar-refractivity contribution in [3.8, 4) is 45.2 Å². The quantitative estimate of drug-likeness (QED) is 0.108. The number of H-pyrrole nitrogens is 2. The number of rotatable bonds is 11. The zero-order chi connectivity index (χ0) is 41.0. The Morgan fingerprint density at radius 3 is 1.77 bits per heavy atom. The van der Waals surface area contributed by atoms with Gasteiger partial charge in [-0.2, -0.15) is 0 Å². The van der Waals surface area contributed by atoms with Crippen molar-refractivity contribution in [3.05, 3.63) is 85.1 Å². The van der Waals surface area contributed by atoms with Crippen LogP contribution in [0.5, 0.6) is 0 Å². The summed E-state index contributed by atoms with van der Waals surface area (Å²) in [5.41, 5.74) is 5.65. The highest BCUT2D eigenvalue weighted by molar-refractivity contribution is 5.91. The minimum Gasteiger partial charge on any atom is -0.465 e. The van der Waals surface area contributed by atoms with E-state index in [9.17, 15) is 29.1 Å². The summed E-state index contributed by atoms with van der Waals surface area (Å²) >= 11 is 0. The third-order valence-corrected chi connectivity index (χ3v) is 9.87. The number of methoxy groups -OCH3 is 2. The number of hydrogen-bond acceptors (Lipinski definition) is 9. The van der Waals surface area contributed by atoms with Crippen molar-refractivity contribution in [2.75, 3.05) is 27.4 Å². The number of carbonyl (C=O) groups excluding carboxylic acids is 4. The molecule has 1 aliphatic rings. The van der Waals surface area contributed by atoms with Crippen molar-refractivity contribution in [2.24, 2.45) is 11.8 Å². The first-order valence-electron chi connectivity index (χ1n) is 18.3. The Hall–Kier alpha value is -6.91. The number of carbonyl (C=O) groups is 5. The van der Waals surface area contributed by atoms with Crippen LogP contribution < -0.4 is 10.6 Å². The van der Waals surface area contributed by atoms with Gasteiger partial charge in [0, 0.05) is 6.20 Å². The summed E-state index contributed by atoms with van der Waals surface area (Å²) in [6, 6.07) is 16.9. The monoisotopic (exact) mass is 779 g/mol. The molecule has 298 valence electrons. The minimum absolute atomic E-state index is 0.00791. The average molecular weight is 780 g/mol. The van der Waals surface area contributed by atoms with Crippen LogP contribution in [0, 0.1) is 11.8 Å². The van der Waals surface area contributed by atoms with E-state index in [-0.39, 0.29) is 31.0 Å². The molecule has 2 aromatic carbocycles. The summed E-state index contributed by atoms with van der Waals surface area (Å²) in [4.78, 5) is 81.1. The molecule has 0 saturated carbocycles. The fourth-order valence-corrected chi connectivity index (χ4v) is 6.67. The summed E-state index contributed by atoms with van der Waals surface area (Å²) < 4.78 is 10.9. The lowest BCUT2D eigenvalue weighted by Crippen LogP contribution is -2.51. The van der Waals surface area contributed by atoms with Gasteiger partial charge in [0.25, 0.3) is 5.91 Å². The van der Waals surface area contributed by atoms with Crippen molar-refractivity contribution in [1.29, 1.82) is 0 Å². The molecule has 1 aliphatic heterocycles. The Balaban J connectivity index is 1.15. The van der Waals surface area contributed by atoms with Gasteiger partial charge in [-0.3, -0.25) is 19.1 Å². The number of aromatic amines is 2. The zero-order valence-corrected chi connectivity index (χ0v) is 32.3. The first-order valence-corrected chi connectivity index (χ1v) is 18.3. The number of imidazole rings is 2. The van der Waals surface area contributed by atoms with E-state index >= 15 is 0 Å². The van der Waals surface area contributed by atoms with Gasteiger partial charge < -0.3 is 40.1 Å². The van der Waals surface area contributed by atoms with Gasteiger partial charge in [0.2, 0.25) is 5.91 Å². The Morgan fingerprint density at radius 1 is 0.737 bits per heavy atom. The number of amides is 4. The second kappa shape index (κ2) is 16.8. The number of ether oxygens (including phenoxy) is 2. The lowest BCUT2D eigenvalue weighted by atomic mass is 10.0. The Bertz CT molecular complexity index is 2240. The molecule has 1 fully saturated rings. The van der Waals surface area contributed by atoms with Crippen molar-refractivity contribution >= 4 is 30.1 Å². The van der Waals surface area contributed by atoms with E-state index in [0.29, 0.717) is 23.0 Å². The summed E-state index contributed by atoms with van der Waals surface area (Å²) in [5, 5.41) is 14.9. The van der Waals surface area contributed by atoms with E-state index in [1.165, 1.54) is 23.7 Å². The van der Waals surface area contributed by atoms with Crippen LogP contribution in [0.1, 0.15) is 44.4 Å². The van der Waals surface area contributed by atoms with Crippen LogP contribution in [0.4, 0.5) is 14.4 Å². The summed E-state index contributed by atoms with van der Waals surface area (Å²) in [7, 11) is 2.46. The van der Waals surface area contributed by atoms with Crippen molar-refractivity contribution < 1.29 is 38.6 Å². The van der Waals surface area contributed by atoms with Gasteiger partial charge in [-0.05, 0) is 46.2 Å². The zero-order valence-electron chi connectivity index (χ0n) is 32.3. The topological polar surface area (TPSA) is 217 Å². The van der Waals surface area contributed by atoms with Crippen molar-refractivity contribution in [2.45, 2.75) is 45.8 Å². The van der Waals surface area contributed by atoms with Gasteiger partial charge in [0.1, 0.15) is 23.9 Å². The largest absolute Gasteiger partial charge is 0.465 e. The van der Waals surface area contributed by atoms with Gasteiger partial charge >= 0.3 is 18.3 Å². The standard InChI is InChI=1S/C40H45N9O8/c1-22(2)32(45-38(52)56-5)36(50)48-17-7-8-30(48)34-41-18-28(43-34)26-13-9-24(10-14-26)25-11-15-27(16-12-25)29-19-42-35(44-29)31-20-47(40(54)55)21-49(31)37(51)33(23(3)4)46-39(53)57-6/h7-19,22-23,31-33H,20-21H2,1-6H3,(H,41,43)(H,42,44)(H,45,52)(H,46,53)(H,54,55). The highest BCUT2D eigenvalue weighted by Crippen LogP contribution is 2.32. The predicted molar refractivity (Wildman–Crippen MR) is 209 cm³/mol. The number of nitrogens with zero attached hydrogens (tertiary/aromatic N) is 5. The maximum Gasteiger partial charge on any atom is 0.408 e. The van der Waals surface area contributed by atoms with E-state index < -0.39 is 42.3 Å². The SMILES string of the molecule is COC(=O)NC(C(=O)N1CN(C(=O)O)CC1c1ncc(-c2ccc(-c3ccc(-c4cnc(-c5cccn5C(=O)C(NC(=O)OC)C(C)C)[nH]4)cc3)cc2)[nH]1)C(C)C. The molecule has 3 unspecified atom stereocenters. The third-order valence-electron chi connectivity index (χ3n) is 9.87. The van der Waals surface area contributed by atoms with Gasteiger partial charge in [-0.1, -0.05) is 76.2 Å². The molecule has 5 aromatic rings. The van der Waals surface area contributed by atoms with E-state index in [1.807, 2.05) is 62.4 Å². The van der Waals surface area contributed by atoms with Crippen LogP contribution in [0.2, 0.25) is 0 Å². The molecule has 0 radical (unpaired) electrons. The molecular weight excluding hydrogens is 734 g/mol. The summed E-state index contributed by atoms with van der Waals surface area (Å²) in [6.45, 7) is 7.07. The molecule has 1 saturated heterocycles. The number of nitrogens with one attached hydrogen (secondary N) is 4. The Labute approximate surface area is 328 Å². The smallest absolute Gasteiger partial charge is 0.408 e. The molecule has 57 heavy (non-hydrogen) atoms. The first kappa shape index (κ1) is 39.8. The predicted octanol–water partition coefficient (Wildman–Crippen LogP) is 5.82. The van der Waals surface area contributed by atoms with Crippen molar-refractivity contribution in [3.63, 3.8) is 0 Å². The van der Waals surface area contributed by atoms with E-state index in [0.717, 1.165) is 32.8 Å². The molecule has 3 aromatic heterocycles. The number of benzene rings is 2. The van der Waals surface area contributed by atoms with Gasteiger partial charge in [0.15, 0.2) is 5.82 Å². The molecule has 17 nitrogen and oxygen atoms in total. The Kier molecular flexibility index (Phi) is 11.8. The molecule has 3 atom stereocenters. The Morgan fingerprint density at radius 2 is 1.25 bits per heavy atom. The molecule has 5 N–H and O–H groups in total. The molecule has 0 bridgehead atoms. The van der Waals surface area contributed by atoms with Crippen LogP contribution in [-0.2, 0) is 14.3 Å². The molecule has 6 rings (SSSR count). The van der Waals surface area contributed by atoms with Crippen LogP contribution in [-0.4, -0.2) is 109 Å². The van der Waals surface area contributed by atoms with Crippen LogP contribution in [0.15, 0.2) is 79.3 Å². The molecule has 17 heteroatoms. The number of carboxylic acid groups (broad SMARTS) is 1. The van der Waals surface area contributed by atoms with Gasteiger partial charge in [-0.25, -0.2) is 24.4 Å². The van der Waals surface area contributed by atoms with Crippen molar-refractivity contribution in [1.82, 2.24) is 44.9 Å². The first-order chi connectivity index (χ1) is 27.3. The number of alkyl carbamates (subject to hydrolysis) is 2. The second-order valence-electron chi connectivity index (χ2n) is 14.3. The fourth-order valence-electron chi connectivity index (χ4n) is 6.67. The highest BCUT2D eigenvalue weighted by atomic mass is 16.5. The maximum atomic E-state index is 13.7. The van der Waals surface area contributed by atoms with E-state index in [4.69, 9.17) is 9.47 Å². The fraction of sp³-hybridized carbons (Fsp3) is 0.325.